The standard InChI is InChI=1S/C33H41FN6O4S/c1-20(35-5)29(41)38-28(33(2,3)4)30(42)39-16-15-26-27(39)24(17-40(26)32(43)44-18-21-9-7-6-8-10-21)25-19-45-31(37-25)36-23-13-11-22(34)12-14-23/h6-14,19-20,24,26-28,35H,15-18H2,1-5H3,(H,36,37)(H,38,41)/t20-,24+,26+,27+,28+/m0/s1. The molecule has 0 unspecified atom stereocenters. The highest BCUT2D eigenvalue weighted by atomic mass is 32.1. The van der Waals surface area contributed by atoms with E-state index in [4.69, 9.17) is 9.72 Å². The van der Waals surface area contributed by atoms with Gasteiger partial charge < -0.3 is 30.5 Å². The van der Waals surface area contributed by atoms with E-state index in [1.165, 1.54) is 23.5 Å². The molecule has 12 heteroatoms. The lowest BCUT2D eigenvalue weighted by Crippen LogP contribution is -2.59. The molecule has 3 amide bonds. The SMILES string of the molecule is CN[C@@H](C)C(=O)N[C@H](C(=O)N1CC[C@@H]2[C@H]1[C@@H](c1csc(Nc3ccc(F)cc3)n1)CN2C(=O)OCc1ccccc1)C(C)(C)C. The fraction of sp³-hybridized carbons (Fsp3) is 0.455. The maximum atomic E-state index is 14.3. The third-order valence-corrected chi connectivity index (χ3v) is 9.35. The van der Waals surface area contributed by atoms with Crippen LogP contribution < -0.4 is 16.0 Å². The number of aromatic nitrogens is 1. The predicted molar refractivity (Wildman–Crippen MR) is 172 cm³/mol. The van der Waals surface area contributed by atoms with E-state index in [0.29, 0.717) is 30.3 Å². The van der Waals surface area contributed by atoms with Gasteiger partial charge in [0.2, 0.25) is 11.8 Å². The normalized spacial score (nSPS) is 20.8. The summed E-state index contributed by atoms with van der Waals surface area (Å²) in [6.45, 7) is 8.45. The van der Waals surface area contributed by atoms with Gasteiger partial charge in [-0.1, -0.05) is 51.1 Å². The van der Waals surface area contributed by atoms with Gasteiger partial charge in [-0.3, -0.25) is 9.59 Å². The highest BCUT2D eigenvalue weighted by Gasteiger charge is 2.55. The molecule has 5 atom stereocenters. The Morgan fingerprint density at radius 1 is 1.09 bits per heavy atom. The van der Waals surface area contributed by atoms with Crippen molar-refractivity contribution in [3.63, 3.8) is 0 Å². The molecule has 2 aliphatic rings. The van der Waals surface area contributed by atoms with Crippen molar-refractivity contribution in [1.82, 2.24) is 25.4 Å². The number of thiazole rings is 1. The van der Waals surface area contributed by atoms with E-state index >= 15 is 0 Å². The Hall–Kier alpha value is -4.03. The molecule has 0 radical (unpaired) electrons. The Morgan fingerprint density at radius 3 is 2.47 bits per heavy atom. The van der Waals surface area contributed by atoms with Gasteiger partial charge in [0.15, 0.2) is 5.13 Å². The number of likely N-dealkylation sites (tertiary alicyclic amines) is 2. The molecular weight excluding hydrogens is 595 g/mol. The number of hydrogen-bond acceptors (Lipinski definition) is 8. The van der Waals surface area contributed by atoms with E-state index in [1.807, 2.05) is 61.4 Å². The summed E-state index contributed by atoms with van der Waals surface area (Å²) in [5.41, 5.74) is 1.77. The Morgan fingerprint density at radius 2 is 1.80 bits per heavy atom. The van der Waals surface area contributed by atoms with Crippen molar-refractivity contribution in [1.29, 1.82) is 0 Å². The summed E-state index contributed by atoms with van der Waals surface area (Å²) in [6.07, 6.45) is 0.143. The van der Waals surface area contributed by atoms with Crippen LogP contribution in [0.3, 0.4) is 0 Å². The molecule has 2 saturated heterocycles. The van der Waals surface area contributed by atoms with Crippen LogP contribution in [0.15, 0.2) is 60.0 Å². The van der Waals surface area contributed by atoms with Gasteiger partial charge in [-0.2, -0.15) is 0 Å². The highest BCUT2D eigenvalue weighted by molar-refractivity contribution is 7.13. The summed E-state index contributed by atoms with van der Waals surface area (Å²) >= 11 is 1.40. The third-order valence-electron chi connectivity index (χ3n) is 8.57. The zero-order valence-corrected chi connectivity index (χ0v) is 27.1. The molecule has 3 aromatic rings. The van der Waals surface area contributed by atoms with Crippen molar-refractivity contribution < 1.29 is 23.5 Å². The first-order valence-corrected chi connectivity index (χ1v) is 16.1. The van der Waals surface area contributed by atoms with Gasteiger partial charge in [0.1, 0.15) is 18.5 Å². The summed E-state index contributed by atoms with van der Waals surface area (Å²) in [5.74, 6) is -1.05. The first kappa shape index (κ1) is 32.4. The number of fused-ring (bicyclic) bond motifs is 1. The van der Waals surface area contributed by atoms with Crippen LogP contribution in [-0.4, -0.2) is 77.0 Å². The molecule has 0 saturated carbocycles. The van der Waals surface area contributed by atoms with E-state index in [-0.39, 0.29) is 42.2 Å². The summed E-state index contributed by atoms with van der Waals surface area (Å²) in [5, 5.41) is 11.7. The smallest absolute Gasteiger partial charge is 0.410 e. The van der Waals surface area contributed by atoms with E-state index in [0.717, 1.165) is 11.3 Å². The molecule has 3 N–H and O–H groups in total. The number of carbonyl (C=O) groups excluding carboxylic acids is 3. The van der Waals surface area contributed by atoms with Crippen LogP contribution in [0.25, 0.3) is 0 Å². The zero-order valence-electron chi connectivity index (χ0n) is 26.2. The quantitative estimate of drug-likeness (QED) is 0.307. The summed E-state index contributed by atoms with van der Waals surface area (Å²) in [4.78, 5) is 49.1. The molecule has 45 heavy (non-hydrogen) atoms. The zero-order chi connectivity index (χ0) is 32.3. The van der Waals surface area contributed by atoms with Gasteiger partial charge in [-0.25, -0.2) is 14.2 Å². The Kier molecular flexibility index (Phi) is 9.73. The van der Waals surface area contributed by atoms with Gasteiger partial charge in [-0.05, 0) is 55.6 Å². The summed E-state index contributed by atoms with van der Waals surface area (Å²) in [6, 6.07) is 13.7. The van der Waals surface area contributed by atoms with E-state index in [1.54, 1.807) is 31.0 Å². The maximum absolute atomic E-state index is 14.3. The molecular formula is C33H41FN6O4S. The Balaban J connectivity index is 1.41. The molecule has 240 valence electrons. The minimum absolute atomic E-state index is 0.144. The lowest BCUT2D eigenvalue weighted by Gasteiger charge is -2.37. The largest absolute Gasteiger partial charge is 0.445 e. The van der Waals surface area contributed by atoms with Gasteiger partial charge in [0.05, 0.1) is 23.8 Å². The van der Waals surface area contributed by atoms with Crippen LogP contribution in [0, 0.1) is 11.2 Å². The highest BCUT2D eigenvalue weighted by Crippen LogP contribution is 2.43. The van der Waals surface area contributed by atoms with Crippen molar-refractivity contribution in [3.8, 4) is 0 Å². The first-order chi connectivity index (χ1) is 21.5. The van der Waals surface area contributed by atoms with Crippen LogP contribution in [0.2, 0.25) is 0 Å². The third kappa shape index (κ3) is 7.28. The lowest BCUT2D eigenvalue weighted by atomic mass is 9.85. The molecule has 2 aromatic carbocycles. The van der Waals surface area contributed by atoms with Gasteiger partial charge >= 0.3 is 6.09 Å². The number of ether oxygens (including phenoxy) is 1. The monoisotopic (exact) mass is 636 g/mol. The molecule has 5 rings (SSSR count). The van der Waals surface area contributed by atoms with Crippen LogP contribution in [-0.2, 0) is 20.9 Å². The van der Waals surface area contributed by atoms with Crippen LogP contribution in [0.5, 0.6) is 0 Å². The Labute approximate surface area is 267 Å². The number of carbonyl (C=O) groups is 3. The lowest BCUT2D eigenvalue weighted by molar-refractivity contribution is -0.140. The second kappa shape index (κ2) is 13.5. The molecule has 3 heterocycles. The van der Waals surface area contributed by atoms with Gasteiger partial charge in [-0.15, -0.1) is 11.3 Å². The van der Waals surface area contributed by atoms with Crippen molar-refractivity contribution in [2.45, 2.75) is 70.8 Å². The van der Waals surface area contributed by atoms with Gasteiger partial charge in [0.25, 0.3) is 0 Å². The van der Waals surface area contributed by atoms with Crippen LogP contribution >= 0.6 is 11.3 Å². The predicted octanol–water partition coefficient (Wildman–Crippen LogP) is 4.87. The number of nitrogens with zero attached hydrogens (tertiary/aromatic N) is 3. The van der Waals surface area contributed by atoms with E-state index in [2.05, 4.69) is 16.0 Å². The minimum atomic E-state index is -0.773. The molecule has 0 spiro atoms. The maximum Gasteiger partial charge on any atom is 0.410 e. The molecule has 1 aromatic heterocycles. The number of anilines is 2. The molecule has 10 nitrogen and oxygen atoms in total. The molecule has 2 aliphatic heterocycles. The topological polar surface area (TPSA) is 116 Å². The van der Waals surface area contributed by atoms with Crippen molar-refractivity contribution in [3.05, 3.63) is 77.1 Å². The number of benzene rings is 2. The fourth-order valence-electron chi connectivity index (χ4n) is 6.00. The molecule has 0 aliphatic carbocycles. The van der Waals surface area contributed by atoms with E-state index < -0.39 is 23.6 Å². The van der Waals surface area contributed by atoms with Crippen LogP contribution in [0.4, 0.5) is 20.0 Å². The number of nitrogens with one attached hydrogen (secondary N) is 3. The second-order valence-electron chi connectivity index (χ2n) is 12.7. The van der Waals surface area contributed by atoms with E-state index in [9.17, 15) is 18.8 Å². The molecule has 2 fully saturated rings. The van der Waals surface area contributed by atoms with Crippen molar-refractivity contribution >= 4 is 40.1 Å². The van der Waals surface area contributed by atoms with Crippen molar-refractivity contribution in [2.24, 2.45) is 5.41 Å². The molecule has 0 bridgehead atoms. The number of likely N-dealkylation sites (N-methyl/N-ethyl adjacent to an activating group) is 1. The number of hydrogen-bond donors (Lipinski definition) is 3. The number of halogens is 1. The average Bonchev–Trinajstić information content (AvgIpc) is 3.75. The summed E-state index contributed by atoms with van der Waals surface area (Å²) < 4.78 is 19.2. The minimum Gasteiger partial charge on any atom is -0.445 e. The van der Waals surface area contributed by atoms with Crippen LogP contribution in [0.1, 0.15) is 51.3 Å². The Bertz CT molecular complexity index is 1490. The number of amides is 3. The fourth-order valence-corrected chi connectivity index (χ4v) is 6.80. The first-order valence-electron chi connectivity index (χ1n) is 15.2. The van der Waals surface area contributed by atoms with Gasteiger partial charge in [0, 0.05) is 30.1 Å². The number of rotatable bonds is 9. The van der Waals surface area contributed by atoms with Crippen molar-refractivity contribution in [2.75, 3.05) is 25.5 Å². The second-order valence-corrected chi connectivity index (χ2v) is 13.6. The summed E-state index contributed by atoms with van der Waals surface area (Å²) in [7, 11) is 1.70. The average molecular weight is 637 g/mol.